The molecule has 3 heterocycles. The quantitative estimate of drug-likeness (QED) is 0.661. The molecule has 29 heavy (non-hydrogen) atoms. The van der Waals surface area contributed by atoms with E-state index in [9.17, 15) is 5.26 Å². The maximum absolute atomic E-state index is 9.89. The number of quaternary nitrogens is 1. The number of pyridine rings is 1. The van der Waals surface area contributed by atoms with Gasteiger partial charge in [0.1, 0.15) is 18.2 Å². The smallest absolute Gasteiger partial charge is 0.237 e. The summed E-state index contributed by atoms with van der Waals surface area (Å²) < 4.78 is 5.78. The lowest BCUT2D eigenvalue weighted by Gasteiger charge is -2.25. The van der Waals surface area contributed by atoms with E-state index in [0.29, 0.717) is 0 Å². The molecule has 4 N–H and O–H groups in total. The molecule has 4 rings (SSSR count). The Morgan fingerprint density at radius 2 is 2.07 bits per heavy atom. The molecule has 0 radical (unpaired) electrons. The Bertz CT molecular complexity index is 871. The van der Waals surface area contributed by atoms with Gasteiger partial charge in [0.2, 0.25) is 11.6 Å². The standard InChI is InChI=1S/C23H29N5O/c1-28-12-10-19-20(14-24)22(25-11-9-17-6-3-2-4-7-17)27-23(21(19)16-28)26-15-18-8-5-13-29-18/h2-4,6-7,18H,5,8-13,15-16H2,1H3,(H2,25,26,27)/p+2/t18-/m1/s1. The monoisotopic (exact) mass is 393 g/mol. The summed E-state index contributed by atoms with van der Waals surface area (Å²) in [5.41, 5.74) is 4.49. The van der Waals surface area contributed by atoms with Gasteiger partial charge in [-0.2, -0.15) is 5.26 Å². The number of hydrogen-bond donors (Lipinski definition) is 3. The highest BCUT2D eigenvalue weighted by Gasteiger charge is 2.29. The summed E-state index contributed by atoms with van der Waals surface area (Å²) in [7, 11) is 2.21. The van der Waals surface area contributed by atoms with Crippen LogP contribution in [0.15, 0.2) is 30.3 Å². The SMILES string of the molecule is C[NH+]1CCc2c(C#N)c(NCCc3ccccc3)[nH+]c(NC[C@H]3CCCO3)c2C1. The van der Waals surface area contributed by atoms with Gasteiger partial charge >= 0.3 is 0 Å². The maximum atomic E-state index is 9.89. The minimum Gasteiger partial charge on any atom is -0.375 e. The molecule has 2 aromatic rings. The van der Waals surface area contributed by atoms with Crippen LogP contribution in [0.25, 0.3) is 0 Å². The van der Waals surface area contributed by atoms with Crippen molar-refractivity contribution < 1.29 is 14.6 Å². The molecule has 6 nitrogen and oxygen atoms in total. The number of H-pyrrole nitrogens is 1. The fourth-order valence-corrected chi connectivity index (χ4v) is 4.32. The molecule has 2 atom stereocenters. The van der Waals surface area contributed by atoms with Crippen molar-refractivity contribution in [2.24, 2.45) is 0 Å². The Kier molecular flexibility index (Phi) is 6.28. The Labute approximate surface area is 172 Å². The van der Waals surface area contributed by atoms with Crippen LogP contribution in [0.5, 0.6) is 0 Å². The minimum atomic E-state index is 0.276. The zero-order valence-corrected chi connectivity index (χ0v) is 17.2. The van der Waals surface area contributed by atoms with Crippen molar-refractivity contribution in [3.8, 4) is 6.07 Å². The van der Waals surface area contributed by atoms with Gasteiger partial charge in [-0.3, -0.25) is 0 Å². The number of aromatic nitrogens is 1. The third kappa shape index (κ3) is 4.69. The molecule has 2 aliphatic rings. The van der Waals surface area contributed by atoms with Crippen LogP contribution < -0.4 is 20.5 Å². The average Bonchev–Trinajstić information content (AvgIpc) is 3.26. The number of fused-ring (bicyclic) bond motifs is 1. The number of anilines is 2. The fraction of sp³-hybridized carbons (Fsp3) is 0.478. The van der Waals surface area contributed by atoms with Crippen LogP contribution in [0.1, 0.15) is 35.1 Å². The Balaban J connectivity index is 1.55. The predicted molar refractivity (Wildman–Crippen MR) is 113 cm³/mol. The zero-order valence-electron chi connectivity index (χ0n) is 17.2. The van der Waals surface area contributed by atoms with Crippen LogP contribution in [0.2, 0.25) is 0 Å². The highest BCUT2D eigenvalue weighted by molar-refractivity contribution is 5.60. The first-order valence-corrected chi connectivity index (χ1v) is 10.7. The average molecular weight is 394 g/mol. The normalized spacial score (nSPS) is 20.7. The number of benzene rings is 1. The van der Waals surface area contributed by atoms with Crippen LogP contribution >= 0.6 is 0 Å². The lowest BCUT2D eigenvalue weighted by molar-refractivity contribution is -0.895. The molecule has 1 aromatic carbocycles. The summed E-state index contributed by atoms with van der Waals surface area (Å²) in [6, 6.07) is 12.9. The van der Waals surface area contributed by atoms with Crippen molar-refractivity contribution in [3.63, 3.8) is 0 Å². The molecule has 0 aliphatic carbocycles. The van der Waals surface area contributed by atoms with E-state index in [4.69, 9.17) is 4.74 Å². The van der Waals surface area contributed by atoms with Crippen molar-refractivity contribution in [1.82, 2.24) is 0 Å². The number of hydrogen-bond acceptors (Lipinski definition) is 4. The molecular weight excluding hydrogens is 362 g/mol. The predicted octanol–water partition coefficient (Wildman–Crippen LogP) is 1.19. The first-order chi connectivity index (χ1) is 14.2. The van der Waals surface area contributed by atoms with Crippen molar-refractivity contribution in [2.75, 3.05) is 43.9 Å². The Morgan fingerprint density at radius 1 is 1.21 bits per heavy atom. The second-order valence-electron chi connectivity index (χ2n) is 8.13. The second kappa shape index (κ2) is 9.25. The van der Waals surface area contributed by atoms with E-state index in [0.717, 1.165) is 75.7 Å². The van der Waals surface area contributed by atoms with Crippen LogP contribution in [0.4, 0.5) is 11.6 Å². The summed E-state index contributed by atoms with van der Waals surface area (Å²) in [5.74, 6) is 1.87. The van der Waals surface area contributed by atoms with Crippen LogP contribution in [0, 0.1) is 11.3 Å². The molecule has 152 valence electrons. The van der Waals surface area contributed by atoms with Crippen molar-refractivity contribution in [2.45, 2.75) is 38.3 Å². The zero-order chi connectivity index (χ0) is 20.1. The molecule has 1 unspecified atom stereocenters. The summed E-state index contributed by atoms with van der Waals surface area (Å²) in [5, 5.41) is 17.0. The van der Waals surface area contributed by atoms with Gasteiger partial charge in [0.25, 0.3) is 0 Å². The van der Waals surface area contributed by atoms with E-state index in [2.05, 4.69) is 53.0 Å². The van der Waals surface area contributed by atoms with Crippen molar-refractivity contribution in [1.29, 1.82) is 5.26 Å². The van der Waals surface area contributed by atoms with Gasteiger partial charge in [-0.05, 0) is 24.0 Å². The summed E-state index contributed by atoms with van der Waals surface area (Å²) in [6.45, 7) is 4.43. The first-order valence-electron chi connectivity index (χ1n) is 10.7. The van der Waals surface area contributed by atoms with Crippen LogP contribution in [-0.4, -0.2) is 39.4 Å². The molecule has 1 fully saturated rings. The molecule has 6 heteroatoms. The highest BCUT2D eigenvalue weighted by Crippen LogP contribution is 2.26. The Hall–Kier alpha value is -2.62. The summed E-state index contributed by atoms with van der Waals surface area (Å²) in [4.78, 5) is 4.98. The molecular formula is C23H31N5O+2. The van der Waals surface area contributed by atoms with Gasteiger partial charge in [-0.15, -0.1) is 0 Å². The third-order valence-electron chi connectivity index (χ3n) is 5.95. The molecule has 0 spiro atoms. The number of nitrogens with zero attached hydrogens (tertiary/aromatic N) is 1. The summed E-state index contributed by atoms with van der Waals surface area (Å²) in [6.07, 6.45) is 4.38. The number of aromatic amines is 1. The minimum absolute atomic E-state index is 0.276. The van der Waals surface area contributed by atoms with Gasteiger partial charge in [0.05, 0.1) is 38.3 Å². The second-order valence-corrected chi connectivity index (χ2v) is 8.13. The molecule has 1 aromatic heterocycles. The summed E-state index contributed by atoms with van der Waals surface area (Å²) >= 11 is 0. The first kappa shape index (κ1) is 19.7. The third-order valence-corrected chi connectivity index (χ3v) is 5.95. The largest absolute Gasteiger partial charge is 0.375 e. The number of rotatable bonds is 7. The Morgan fingerprint density at radius 3 is 2.83 bits per heavy atom. The highest BCUT2D eigenvalue weighted by atomic mass is 16.5. The molecule has 0 saturated carbocycles. The number of ether oxygens (including phenoxy) is 1. The maximum Gasteiger partial charge on any atom is 0.237 e. The number of nitriles is 1. The van der Waals surface area contributed by atoms with E-state index in [1.54, 1.807) is 0 Å². The lowest BCUT2D eigenvalue weighted by atomic mass is 9.95. The van der Waals surface area contributed by atoms with E-state index in [1.807, 2.05) is 6.07 Å². The van der Waals surface area contributed by atoms with Crippen molar-refractivity contribution >= 4 is 11.6 Å². The van der Waals surface area contributed by atoms with Crippen molar-refractivity contribution in [3.05, 3.63) is 52.6 Å². The molecule has 0 amide bonds. The topological polar surface area (TPSA) is 75.7 Å². The van der Waals surface area contributed by atoms with E-state index in [-0.39, 0.29) is 6.10 Å². The molecule has 2 aliphatic heterocycles. The van der Waals surface area contributed by atoms with Gasteiger partial charge in [0.15, 0.2) is 0 Å². The van der Waals surface area contributed by atoms with Gasteiger partial charge in [0, 0.05) is 19.4 Å². The van der Waals surface area contributed by atoms with E-state index >= 15 is 0 Å². The molecule has 1 saturated heterocycles. The van der Waals surface area contributed by atoms with Gasteiger partial charge in [-0.25, -0.2) is 4.98 Å². The van der Waals surface area contributed by atoms with E-state index < -0.39 is 0 Å². The van der Waals surface area contributed by atoms with Gasteiger partial charge in [-0.1, -0.05) is 30.3 Å². The number of nitrogens with one attached hydrogen (secondary N) is 4. The lowest BCUT2D eigenvalue weighted by Crippen LogP contribution is -3.08. The van der Waals surface area contributed by atoms with Gasteiger partial charge < -0.3 is 20.3 Å². The van der Waals surface area contributed by atoms with Crippen LogP contribution in [0.3, 0.4) is 0 Å². The van der Waals surface area contributed by atoms with E-state index in [1.165, 1.54) is 21.6 Å². The van der Waals surface area contributed by atoms with Crippen LogP contribution in [-0.2, 0) is 24.1 Å². The fourth-order valence-electron chi connectivity index (χ4n) is 4.32. The molecule has 0 bridgehead atoms. The number of likely N-dealkylation sites (N-methyl/N-ethyl adjacent to an activating group) is 1.